The van der Waals surface area contributed by atoms with Gasteiger partial charge in [-0.2, -0.15) is 0 Å². The number of esters is 1. The van der Waals surface area contributed by atoms with Gasteiger partial charge in [0, 0.05) is 0 Å². The first kappa shape index (κ1) is 17.9. The fraction of sp³-hybridized carbons (Fsp3) is 0.348. The molecule has 2 bridgehead atoms. The molecule has 0 unspecified atom stereocenters. The van der Waals surface area contributed by atoms with Gasteiger partial charge in [0.05, 0.1) is 30.2 Å². The predicted molar refractivity (Wildman–Crippen MR) is 105 cm³/mol. The van der Waals surface area contributed by atoms with Crippen LogP contribution >= 0.6 is 0 Å². The molecule has 1 aliphatic heterocycles. The maximum atomic E-state index is 13.0. The standard InChI is InChI=1S/C23H21NO5/c1-28-17-7-9-18(10-8-17)29-23(27)15-3-2-4-16(12-15)24-21(25)19-13-5-6-14(11-13)20(19)22(24)26/h2-4,7-10,12-14,19-20H,5-6,11H2,1H3/t13-,14-,19-,20-/m0/s1. The van der Waals surface area contributed by atoms with E-state index in [1.807, 2.05) is 0 Å². The second-order valence-electron chi connectivity index (χ2n) is 8.01. The summed E-state index contributed by atoms with van der Waals surface area (Å²) in [6.07, 6.45) is 3.06. The zero-order valence-corrected chi connectivity index (χ0v) is 16.0. The Kier molecular flexibility index (Phi) is 4.15. The van der Waals surface area contributed by atoms with Gasteiger partial charge >= 0.3 is 5.97 Å². The predicted octanol–water partition coefficient (Wildman–Crippen LogP) is 3.45. The molecule has 1 heterocycles. The first-order valence-electron chi connectivity index (χ1n) is 9.91. The van der Waals surface area contributed by atoms with E-state index in [-0.39, 0.29) is 23.7 Å². The zero-order chi connectivity index (χ0) is 20.1. The van der Waals surface area contributed by atoms with E-state index in [1.165, 1.54) is 4.90 Å². The van der Waals surface area contributed by atoms with Crippen molar-refractivity contribution < 1.29 is 23.9 Å². The van der Waals surface area contributed by atoms with E-state index in [0.29, 0.717) is 34.6 Å². The fourth-order valence-corrected chi connectivity index (χ4v) is 5.24. The Hall–Kier alpha value is -3.15. The highest BCUT2D eigenvalue weighted by Crippen LogP contribution is 2.56. The molecular weight excluding hydrogens is 370 g/mol. The molecule has 3 fully saturated rings. The van der Waals surface area contributed by atoms with Gasteiger partial charge in [-0.25, -0.2) is 4.79 Å². The van der Waals surface area contributed by atoms with Crippen LogP contribution in [0.4, 0.5) is 5.69 Å². The number of benzene rings is 2. The molecule has 29 heavy (non-hydrogen) atoms. The van der Waals surface area contributed by atoms with Gasteiger partial charge in [-0.1, -0.05) is 6.07 Å². The highest BCUT2D eigenvalue weighted by Gasteiger charge is 2.61. The van der Waals surface area contributed by atoms with Crippen LogP contribution in [0.5, 0.6) is 11.5 Å². The van der Waals surface area contributed by atoms with Crippen molar-refractivity contribution in [3.05, 3.63) is 54.1 Å². The number of anilines is 1. The number of imide groups is 1. The lowest BCUT2D eigenvalue weighted by atomic mass is 9.81. The minimum absolute atomic E-state index is 0.118. The normalized spacial score (nSPS) is 27.3. The van der Waals surface area contributed by atoms with Crippen molar-refractivity contribution in [3.63, 3.8) is 0 Å². The molecule has 0 N–H and O–H groups in total. The number of hydrogen-bond donors (Lipinski definition) is 0. The molecule has 1 saturated heterocycles. The van der Waals surface area contributed by atoms with Gasteiger partial charge in [0.1, 0.15) is 11.5 Å². The van der Waals surface area contributed by atoms with Gasteiger partial charge in [0.15, 0.2) is 0 Å². The van der Waals surface area contributed by atoms with Crippen LogP contribution in [0.15, 0.2) is 48.5 Å². The number of hydrogen-bond acceptors (Lipinski definition) is 5. The summed E-state index contributed by atoms with van der Waals surface area (Å²) in [7, 11) is 1.56. The molecule has 2 saturated carbocycles. The van der Waals surface area contributed by atoms with Crippen LogP contribution in [0.25, 0.3) is 0 Å². The van der Waals surface area contributed by atoms with Crippen molar-refractivity contribution in [2.45, 2.75) is 19.3 Å². The maximum absolute atomic E-state index is 13.0. The van der Waals surface area contributed by atoms with Gasteiger partial charge in [-0.05, 0) is 73.6 Å². The number of carbonyl (C=O) groups excluding carboxylic acids is 3. The molecule has 5 rings (SSSR count). The van der Waals surface area contributed by atoms with Crippen LogP contribution in [0.3, 0.4) is 0 Å². The third-order valence-electron chi connectivity index (χ3n) is 6.54. The quantitative estimate of drug-likeness (QED) is 0.453. The van der Waals surface area contributed by atoms with Crippen LogP contribution in [0.2, 0.25) is 0 Å². The van der Waals surface area contributed by atoms with Crippen LogP contribution < -0.4 is 14.4 Å². The summed E-state index contributed by atoms with van der Waals surface area (Å²) in [6, 6.07) is 13.2. The molecule has 2 aromatic carbocycles. The van der Waals surface area contributed by atoms with Gasteiger partial charge in [-0.3, -0.25) is 14.5 Å². The Morgan fingerprint density at radius 1 is 0.931 bits per heavy atom. The minimum Gasteiger partial charge on any atom is -0.497 e. The number of carbonyl (C=O) groups is 3. The molecule has 6 nitrogen and oxygen atoms in total. The van der Waals surface area contributed by atoms with E-state index in [0.717, 1.165) is 19.3 Å². The van der Waals surface area contributed by atoms with Crippen LogP contribution in [0, 0.1) is 23.7 Å². The Morgan fingerprint density at radius 3 is 2.17 bits per heavy atom. The van der Waals surface area contributed by atoms with E-state index in [2.05, 4.69) is 0 Å². The van der Waals surface area contributed by atoms with Gasteiger partial charge in [0.2, 0.25) is 11.8 Å². The first-order chi connectivity index (χ1) is 14.1. The minimum atomic E-state index is -0.545. The summed E-state index contributed by atoms with van der Waals surface area (Å²) in [5.74, 6) is 0.562. The Bertz CT molecular complexity index is 971. The molecule has 2 aromatic rings. The van der Waals surface area contributed by atoms with Crippen molar-refractivity contribution in [2.75, 3.05) is 12.0 Å². The summed E-state index contributed by atoms with van der Waals surface area (Å²) in [4.78, 5) is 39.8. The van der Waals surface area contributed by atoms with Crippen LogP contribution in [0.1, 0.15) is 29.6 Å². The summed E-state index contributed by atoms with van der Waals surface area (Å²) in [5, 5.41) is 0. The van der Waals surface area contributed by atoms with Crippen molar-refractivity contribution in [1.82, 2.24) is 0 Å². The van der Waals surface area contributed by atoms with E-state index in [9.17, 15) is 14.4 Å². The highest BCUT2D eigenvalue weighted by molar-refractivity contribution is 6.22. The molecule has 4 atom stereocenters. The van der Waals surface area contributed by atoms with Crippen molar-refractivity contribution in [1.29, 1.82) is 0 Å². The molecule has 0 radical (unpaired) electrons. The lowest BCUT2D eigenvalue weighted by Crippen LogP contribution is -2.32. The topological polar surface area (TPSA) is 72.9 Å². The third-order valence-corrected chi connectivity index (χ3v) is 6.54. The maximum Gasteiger partial charge on any atom is 0.343 e. The Labute approximate surface area is 168 Å². The van der Waals surface area contributed by atoms with E-state index in [1.54, 1.807) is 55.6 Å². The lowest BCUT2D eigenvalue weighted by molar-refractivity contribution is -0.123. The molecule has 3 aliphatic rings. The molecular formula is C23H21NO5. The molecule has 0 aromatic heterocycles. The van der Waals surface area contributed by atoms with Crippen LogP contribution in [-0.2, 0) is 9.59 Å². The van der Waals surface area contributed by atoms with Gasteiger partial charge in [0.25, 0.3) is 0 Å². The van der Waals surface area contributed by atoms with Crippen LogP contribution in [-0.4, -0.2) is 24.9 Å². The summed E-state index contributed by atoms with van der Waals surface area (Å²) in [5.41, 5.74) is 0.733. The number of rotatable bonds is 4. The second kappa shape index (κ2) is 6.72. The number of methoxy groups -OCH3 is 1. The molecule has 6 heteroatoms. The monoisotopic (exact) mass is 391 g/mol. The van der Waals surface area contributed by atoms with Gasteiger partial charge < -0.3 is 9.47 Å². The summed E-state index contributed by atoms with van der Waals surface area (Å²) in [6.45, 7) is 0. The lowest BCUT2D eigenvalue weighted by Gasteiger charge is -2.19. The molecule has 2 aliphatic carbocycles. The number of ether oxygens (including phenoxy) is 2. The highest BCUT2D eigenvalue weighted by atomic mass is 16.5. The smallest absolute Gasteiger partial charge is 0.343 e. The summed E-state index contributed by atoms with van der Waals surface area (Å²) >= 11 is 0. The molecule has 0 spiro atoms. The van der Waals surface area contributed by atoms with Crippen molar-refractivity contribution >= 4 is 23.5 Å². The molecule has 148 valence electrons. The number of nitrogens with zero attached hydrogens (tertiary/aromatic N) is 1. The average molecular weight is 391 g/mol. The van der Waals surface area contributed by atoms with Crippen molar-refractivity contribution in [3.8, 4) is 11.5 Å². The van der Waals surface area contributed by atoms with E-state index >= 15 is 0 Å². The van der Waals surface area contributed by atoms with E-state index in [4.69, 9.17) is 9.47 Å². The average Bonchev–Trinajstić information content (AvgIpc) is 3.42. The van der Waals surface area contributed by atoms with E-state index < -0.39 is 5.97 Å². The number of fused-ring (bicyclic) bond motifs is 5. The molecule has 2 amide bonds. The zero-order valence-electron chi connectivity index (χ0n) is 16.0. The summed E-state index contributed by atoms with van der Waals surface area (Å²) < 4.78 is 10.5. The van der Waals surface area contributed by atoms with Gasteiger partial charge in [-0.15, -0.1) is 0 Å². The largest absolute Gasteiger partial charge is 0.497 e. The Morgan fingerprint density at radius 2 is 1.55 bits per heavy atom. The Balaban J connectivity index is 1.37. The fourth-order valence-electron chi connectivity index (χ4n) is 5.24. The SMILES string of the molecule is COc1ccc(OC(=O)c2cccc(N3C(=O)[C@H]4[C@H]5CC[C@@H](C5)[C@@H]4C3=O)c2)cc1. The third kappa shape index (κ3) is 2.82. The first-order valence-corrected chi connectivity index (χ1v) is 9.91. The number of amides is 2. The van der Waals surface area contributed by atoms with Crippen molar-refractivity contribution in [2.24, 2.45) is 23.7 Å². The second-order valence-corrected chi connectivity index (χ2v) is 8.01.